The van der Waals surface area contributed by atoms with Gasteiger partial charge in [0, 0.05) is 13.1 Å². The molecule has 0 saturated carbocycles. The van der Waals surface area contributed by atoms with Gasteiger partial charge in [0.25, 0.3) is 0 Å². The van der Waals surface area contributed by atoms with Crippen LogP contribution >= 0.6 is 0 Å². The van der Waals surface area contributed by atoms with E-state index in [1.165, 1.54) is 0 Å². The normalized spacial score (nSPS) is 16.1. The molecule has 0 saturated heterocycles. The lowest BCUT2D eigenvalue weighted by Crippen LogP contribution is -2.35. The maximum Gasteiger partial charge on any atom is 0.301 e. The van der Waals surface area contributed by atoms with Gasteiger partial charge in [-0.25, -0.2) is 0 Å². The second-order valence-electron chi connectivity index (χ2n) is 2.29. The average molecular weight is 215 g/mol. The third-order valence-corrected chi connectivity index (χ3v) is 1.41. The molecule has 0 aromatic heterocycles. The third-order valence-electron chi connectivity index (χ3n) is 1.07. The van der Waals surface area contributed by atoms with E-state index < -0.39 is 23.8 Å². The van der Waals surface area contributed by atoms with E-state index in [-0.39, 0.29) is 19.7 Å². The van der Waals surface area contributed by atoms with Gasteiger partial charge in [0.2, 0.25) is 0 Å². The topological polar surface area (TPSA) is 119 Å². The highest BCUT2D eigenvalue weighted by Gasteiger charge is 2.06. The van der Waals surface area contributed by atoms with E-state index >= 15 is 0 Å². The van der Waals surface area contributed by atoms with Crippen molar-refractivity contribution in [2.24, 2.45) is 0 Å². The number of hydrogen-bond donors (Lipinski definition) is 5. The summed E-state index contributed by atoms with van der Waals surface area (Å²) < 4.78 is 22.3. The third kappa shape index (κ3) is 9.83. The lowest BCUT2D eigenvalue weighted by molar-refractivity contribution is -0.0389. The Hall–Kier alpha value is -0.0900. The zero-order valence-corrected chi connectivity index (χ0v) is 7.61. The van der Waals surface area contributed by atoms with Crippen LogP contribution in [0.2, 0.25) is 0 Å². The molecule has 0 spiro atoms. The summed E-state index contributed by atoms with van der Waals surface area (Å²) in [5.74, 6) is 0. The average Bonchev–Trinajstić information content (AvgIpc) is 2.00. The van der Waals surface area contributed by atoms with Crippen molar-refractivity contribution in [1.82, 2.24) is 5.32 Å². The Bertz CT molecular complexity index is 154. The van der Waals surface area contributed by atoms with Crippen LogP contribution in [-0.4, -0.2) is 56.2 Å². The first kappa shape index (κ1) is 12.9. The molecule has 0 rings (SSSR count). The van der Waals surface area contributed by atoms with E-state index in [2.05, 4.69) is 9.50 Å². The summed E-state index contributed by atoms with van der Waals surface area (Å²) in [7, 11) is 0. The molecular weight excluding hydrogens is 202 g/mol. The minimum atomic E-state index is -2.39. The van der Waals surface area contributed by atoms with Crippen LogP contribution in [-0.2, 0) is 15.5 Å². The fraction of sp³-hybridized carbons (Fsp3) is 1.00. The van der Waals surface area contributed by atoms with Crippen LogP contribution in [0.5, 0.6) is 0 Å². The largest absolute Gasteiger partial charge is 0.389 e. The van der Waals surface area contributed by atoms with E-state index in [1.807, 2.05) is 0 Å². The van der Waals surface area contributed by atoms with Crippen molar-refractivity contribution in [3.05, 3.63) is 0 Å². The van der Waals surface area contributed by atoms with Crippen LogP contribution in [0.4, 0.5) is 0 Å². The van der Waals surface area contributed by atoms with Crippen molar-refractivity contribution in [2.45, 2.75) is 12.4 Å². The highest BCUT2D eigenvalue weighted by molar-refractivity contribution is 7.74. The van der Waals surface area contributed by atoms with Gasteiger partial charge in [0.15, 0.2) is 6.29 Å². The standard InChI is InChI=1S/C5H13NO6S/c7-4(3-12-13(10)11)1-6-2-5(8)9/h4-9H,1-3H2,(H,10,11). The molecule has 80 valence electrons. The number of aliphatic hydroxyl groups is 3. The zero-order chi connectivity index (χ0) is 10.3. The lowest BCUT2D eigenvalue weighted by atomic mass is 10.4. The molecule has 0 aliphatic carbocycles. The number of nitrogens with one attached hydrogen (secondary N) is 1. The fourth-order valence-corrected chi connectivity index (χ4v) is 0.848. The van der Waals surface area contributed by atoms with Crippen LogP contribution in [0, 0.1) is 0 Å². The summed E-state index contributed by atoms with van der Waals surface area (Å²) in [5.41, 5.74) is 0. The van der Waals surface area contributed by atoms with Crippen LogP contribution in [0.15, 0.2) is 0 Å². The molecule has 7 nitrogen and oxygen atoms in total. The molecule has 2 atom stereocenters. The molecule has 0 fully saturated rings. The molecule has 0 aliphatic heterocycles. The van der Waals surface area contributed by atoms with Gasteiger partial charge in [-0.2, -0.15) is 4.21 Å². The molecule has 5 N–H and O–H groups in total. The van der Waals surface area contributed by atoms with Gasteiger partial charge < -0.3 is 20.6 Å². The molecule has 0 radical (unpaired) electrons. The summed E-state index contributed by atoms with van der Waals surface area (Å²) >= 11 is -2.39. The minimum absolute atomic E-state index is 0.0504. The van der Waals surface area contributed by atoms with Crippen LogP contribution in [0.3, 0.4) is 0 Å². The molecule has 8 heteroatoms. The lowest BCUT2D eigenvalue weighted by Gasteiger charge is -2.10. The SMILES string of the molecule is O=S(O)OCC(O)CNCC(O)O. The van der Waals surface area contributed by atoms with E-state index in [4.69, 9.17) is 19.9 Å². The van der Waals surface area contributed by atoms with Gasteiger partial charge in [-0.1, -0.05) is 0 Å². The maximum atomic E-state index is 9.96. The number of hydrogen-bond acceptors (Lipinski definition) is 6. The maximum absolute atomic E-state index is 9.96. The summed E-state index contributed by atoms with van der Waals surface area (Å²) in [6.07, 6.45) is -2.45. The van der Waals surface area contributed by atoms with Crippen LogP contribution in [0.1, 0.15) is 0 Å². The van der Waals surface area contributed by atoms with E-state index in [0.717, 1.165) is 0 Å². The van der Waals surface area contributed by atoms with Crippen LogP contribution < -0.4 is 5.32 Å². The smallest absolute Gasteiger partial charge is 0.301 e. The molecule has 0 amide bonds. The van der Waals surface area contributed by atoms with Crippen molar-refractivity contribution < 1.29 is 28.3 Å². The first-order valence-corrected chi connectivity index (χ1v) is 4.54. The van der Waals surface area contributed by atoms with Crippen molar-refractivity contribution in [1.29, 1.82) is 0 Å². The zero-order valence-electron chi connectivity index (χ0n) is 6.79. The second kappa shape index (κ2) is 7.33. The predicted molar refractivity (Wildman–Crippen MR) is 43.8 cm³/mol. The Balaban J connectivity index is 3.30. The first-order valence-electron chi connectivity index (χ1n) is 3.51. The summed E-state index contributed by atoms with van der Waals surface area (Å²) in [5, 5.41) is 28.3. The van der Waals surface area contributed by atoms with Gasteiger partial charge in [-0.15, -0.1) is 0 Å². The fourth-order valence-electron chi connectivity index (χ4n) is 0.575. The highest BCUT2D eigenvalue weighted by atomic mass is 32.2. The molecular formula is C5H13NO6S. The Kier molecular flexibility index (Phi) is 7.28. The Morgan fingerprint density at radius 1 is 1.31 bits per heavy atom. The van der Waals surface area contributed by atoms with E-state index in [0.29, 0.717) is 0 Å². The van der Waals surface area contributed by atoms with Crippen LogP contribution in [0.25, 0.3) is 0 Å². The molecule has 0 aliphatic rings. The quantitative estimate of drug-likeness (QED) is 0.233. The first-order chi connectivity index (χ1) is 6.02. The summed E-state index contributed by atoms with van der Waals surface area (Å²) in [6, 6.07) is 0. The Morgan fingerprint density at radius 3 is 2.38 bits per heavy atom. The van der Waals surface area contributed by atoms with Gasteiger partial charge >= 0.3 is 11.4 Å². The molecule has 0 heterocycles. The molecule has 0 aromatic rings. The van der Waals surface area contributed by atoms with E-state index in [9.17, 15) is 4.21 Å². The Morgan fingerprint density at radius 2 is 1.92 bits per heavy atom. The summed E-state index contributed by atoms with van der Waals surface area (Å²) in [4.78, 5) is 0. The number of rotatable bonds is 7. The highest BCUT2D eigenvalue weighted by Crippen LogP contribution is 1.86. The van der Waals surface area contributed by atoms with Crippen molar-refractivity contribution in [3.63, 3.8) is 0 Å². The van der Waals surface area contributed by atoms with Gasteiger partial charge in [0.05, 0.1) is 12.7 Å². The monoisotopic (exact) mass is 215 g/mol. The minimum Gasteiger partial charge on any atom is -0.389 e. The number of aliphatic hydroxyl groups excluding tert-OH is 2. The Labute approximate surface area is 77.8 Å². The van der Waals surface area contributed by atoms with Crippen molar-refractivity contribution >= 4 is 11.4 Å². The molecule has 0 bridgehead atoms. The van der Waals surface area contributed by atoms with Crippen molar-refractivity contribution in [2.75, 3.05) is 19.7 Å². The van der Waals surface area contributed by atoms with Gasteiger partial charge in [-0.3, -0.25) is 8.74 Å². The van der Waals surface area contributed by atoms with Gasteiger partial charge in [-0.05, 0) is 0 Å². The van der Waals surface area contributed by atoms with E-state index in [1.54, 1.807) is 0 Å². The van der Waals surface area contributed by atoms with Gasteiger partial charge in [0.1, 0.15) is 0 Å². The molecule has 2 unspecified atom stereocenters. The molecule has 13 heavy (non-hydrogen) atoms. The van der Waals surface area contributed by atoms with Crippen molar-refractivity contribution in [3.8, 4) is 0 Å². The summed E-state index contributed by atoms with van der Waals surface area (Å²) in [6.45, 7) is -0.328. The molecule has 0 aromatic carbocycles. The second-order valence-corrected chi connectivity index (χ2v) is 2.96. The predicted octanol–water partition coefficient (Wildman–Crippen LogP) is -2.60.